The molecule has 2 aromatic heterocycles. The minimum absolute atomic E-state index is 0.136. The molecule has 0 saturated carbocycles. The van der Waals surface area contributed by atoms with Crippen LogP contribution < -0.4 is 16.6 Å². The standard InChI is InChI=1S/C16H15F3N6O3/c1-23-14(16(17,18)19)22-25(15(23)28)7-6-20-12(26)8-24-9-21-11-5-3-2-4-10(11)13(24)27/h2-5,9H,6-8H2,1H3,(H,20,26). The Morgan fingerprint density at radius 1 is 1.21 bits per heavy atom. The summed E-state index contributed by atoms with van der Waals surface area (Å²) in [5.74, 6) is -1.88. The smallest absolute Gasteiger partial charge is 0.353 e. The maximum Gasteiger partial charge on any atom is 0.451 e. The number of carbonyl (C=O) groups excluding carboxylic acids is 1. The van der Waals surface area contributed by atoms with Crippen LogP contribution in [0.5, 0.6) is 0 Å². The molecule has 148 valence electrons. The maximum atomic E-state index is 12.7. The van der Waals surface area contributed by atoms with Crippen molar-refractivity contribution in [3.8, 4) is 0 Å². The fourth-order valence-corrected chi connectivity index (χ4v) is 2.61. The van der Waals surface area contributed by atoms with E-state index in [-0.39, 0.29) is 19.6 Å². The van der Waals surface area contributed by atoms with E-state index >= 15 is 0 Å². The minimum atomic E-state index is -4.76. The van der Waals surface area contributed by atoms with Crippen LogP contribution in [0.25, 0.3) is 10.9 Å². The zero-order valence-electron chi connectivity index (χ0n) is 14.6. The summed E-state index contributed by atoms with van der Waals surface area (Å²) >= 11 is 0. The number of benzene rings is 1. The molecule has 3 rings (SSSR count). The van der Waals surface area contributed by atoms with Gasteiger partial charge in [0.1, 0.15) is 6.54 Å². The van der Waals surface area contributed by atoms with Gasteiger partial charge in [-0.15, -0.1) is 5.10 Å². The van der Waals surface area contributed by atoms with Crippen LogP contribution in [0.3, 0.4) is 0 Å². The normalized spacial score (nSPS) is 11.7. The lowest BCUT2D eigenvalue weighted by Crippen LogP contribution is -2.35. The van der Waals surface area contributed by atoms with Gasteiger partial charge in [-0.25, -0.2) is 14.5 Å². The third-order valence-corrected chi connectivity index (χ3v) is 3.99. The lowest BCUT2D eigenvalue weighted by atomic mass is 10.2. The van der Waals surface area contributed by atoms with E-state index in [0.717, 1.165) is 11.6 Å². The summed E-state index contributed by atoms with van der Waals surface area (Å²) in [6, 6.07) is 6.66. The number of rotatable bonds is 5. The van der Waals surface area contributed by atoms with Gasteiger partial charge in [-0.05, 0) is 12.1 Å². The molecule has 0 aliphatic rings. The van der Waals surface area contributed by atoms with E-state index in [2.05, 4.69) is 15.4 Å². The van der Waals surface area contributed by atoms with Crippen molar-refractivity contribution in [2.24, 2.45) is 7.05 Å². The highest BCUT2D eigenvalue weighted by molar-refractivity contribution is 5.78. The zero-order valence-corrected chi connectivity index (χ0v) is 14.6. The summed E-state index contributed by atoms with van der Waals surface area (Å²) < 4.78 is 40.3. The number of aromatic nitrogens is 5. The highest BCUT2D eigenvalue weighted by Gasteiger charge is 2.37. The summed E-state index contributed by atoms with van der Waals surface area (Å²) in [5.41, 5.74) is -0.841. The number of hydrogen-bond acceptors (Lipinski definition) is 5. The highest BCUT2D eigenvalue weighted by atomic mass is 19.4. The van der Waals surface area contributed by atoms with Crippen LogP contribution in [0.2, 0.25) is 0 Å². The second-order valence-electron chi connectivity index (χ2n) is 5.93. The Kier molecular flexibility index (Phi) is 5.03. The van der Waals surface area contributed by atoms with Gasteiger partial charge in [0.2, 0.25) is 11.7 Å². The van der Waals surface area contributed by atoms with Crippen LogP contribution >= 0.6 is 0 Å². The van der Waals surface area contributed by atoms with Crippen molar-refractivity contribution in [2.45, 2.75) is 19.3 Å². The molecule has 1 aromatic carbocycles. The Balaban J connectivity index is 1.64. The highest BCUT2D eigenvalue weighted by Crippen LogP contribution is 2.25. The molecule has 0 unspecified atom stereocenters. The summed E-state index contributed by atoms with van der Waals surface area (Å²) in [6.07, 6.45) is -3.52. The average molecular weight is 396 g/mol. The molecule has 1 amide bonds. The zero-order chi connectivity index (χ0) is 20.5. The molecule has 3 aromatic rings. The molecule has 1 N–H and O–H groups in total. The Labute approximate surface area is 155 Å². The summed E-state index contributed by atoms with van der Waals surface area (Å²) in [6.45, 7) is -0.705. The topological polar surface area (TPSA) is 104 Å². The van der Waals surface area contributed by atoms with E-state index in [4.69, 9.17) is 0 Å². The number of carbonyl (C=O) groups is 1. The van der Waals surface area contributed by atoms with Gasteiger partial charge in [0.25, 0.3) is 5.56 Å². The first-order chi connectivity index (χ1) is 13.2. The van der Waals surface area contributed by atoms with Crippen LogP contribution in [-0.4, -0.2) is 36.4 Å². The summed E-state index contributed by atoms with van der Waals surface area (Å²) in [7, 11) is 0.965. The third kappa shape index (κ3) is 3.80. The number of fused-ring (bicyclic) bond motifs is 1. The number of amides is 1. The number of para-hydroxylation sites is 1. The van der Waals surface area contributed by atoms with Crippen molar-refractivity contribution in [2.75, 3.05) is 6.54 Å². The van der Waals surface area contributed by atoms with Crippen LogP contribution in [0.15, 0.2) is 40.2 Å². The quantitative estimate of drug-likeness (QED) is 0.660. The van der Waals surface area contributed by atoms with Gasteiger partial charge in [0.15, 0.2) is 0 Å². The molecule has 12 heteroatoms. The fraction of sp³-hybridized carbons (Fsp3) is 0.312. The number of nitrogens with one attached hydrogen (secondary N) is 1. The molecule has 0 bridgehead atoms. The molecule has 0 aliphatic heterocycles. The number of alkyl halides is 3. The maximum absolute atomic E-state index is 12.7. The molecule has 9 nitrogen and oxygen atoms in total. The Hall–Kier alpha value is -3.44. The number of nitrogens with zero attached hydrogens (tertiary/aromatic N) is 5. The molecule has 0 saturated heterocycles. The van der Waals surface area contributed by atoms with Crippen molar-refractivity contribution in [3.63, 3.8) is 0 Å². The van der Waals surface area contributed by atoms with Crippen molar-refractivity contribution in [1.82, 2.24) is 29.2 Å². The predicted molar refractivity (Wildman–Crippen MR) is 91.5 cm³/mol. The van der Waals surface area contributed by atoms with E-state index in [1.807, 2.05) is 0 Å². The van der Waals surface area contributed by atoms with Gasteiger partial charge >= 0.3 is 11.9 Å². The Morgan fingerprint density at radius 2 is 1.93 bits per heavy atom. The fourth-order valence-electron chi connectivity index (χ4n) is 2.61. The van der Waals surface area contributed by atoms with Gasteiger partial charge in [0.05, 0.1) is 23.8 Å². The van der Waals surface area contributed by atoms with Gasteiger partial charge < -0.3 is 5.32 Å². The lowest BCUT2D eigenvalue weighted by Gasteiger charge is -2.08. The largest absolute Gasteiger partial charge is 0.451 e. The first kappa shape index (κ1) is 19.3. The van der Waals surface area contributed by atoms with Crippen LogP contribution in [0.4, 0.5) is 13.2 Å². The van der Waals surface area contributed by atoms with Crippen LogP contribution in [-0.2, 0) is 31.1 Å². The van der Waals surface area contributed by atoms with Gasteiger partial charge in [-0.2, -0.15) is 13.2 Å². The molecule has 0 spiro atoms. The van der Waals surface area contributed by atoms with Crippen LogP contribution in [0, 0.1) is 0 Å². The third-order valence-electron chi connectivity index (χ3n) is 3.99. The monoisotopic (exact) mass is 396 g/mol. The van der Waals surface area contributed by atoms with E-state index in [9.17, 15) is 27.6 Å². The van der Waals surface area contributed by atoms with Crippen molar-refractivity contribution < 1.29 is 18.0 Å². The molecule has 2 heterocycles. The molecule has 0 radical (unpaired) electrons. The predicted octanol–water partition coefficient (Wildman–Crippen LogP) is 0.127. The van der Waals surface area contributed by atoms with E-state index < -0.39 is 29.2 Å². The van der Waals surface area contributed by atoms with Gasteiger partial charge in [-0.3, -0.25) is 18.7 Å². The van der Waals surface area contributed by atoms with Crippen molar-refractivity contribution in [1.29, 1.82) is 0 Å². The first-order valence-electron chi connectivity index (χ1n) is 8.10. The van der Waals surface area contributed by atoms with Crippen LogP contribution in [0.1, 0.15) is 5.82 Å². The van der Waals surface area contributed by atoms with Gasteiger partial charge in [-0.1, -0.05) is 12.1 Å². The Bertz CT molecular complexity index is 1140. The lowest BCUT2D eigenvalue weighted by molar-refractivity contribution is -0.147. The molecule has 0 aliphatic carbocycles. The minimum Gasteiger partial charge on any atom is -0.353 e. The first-order valence-corrected chi connectivity index (χ1v) is 8.10. The van der Waals surface area contributed by atoms with E-state index in [0.29, 0.717) is 20.2 Å². The second kappa shape index (κ2) is 7.29. The number of halogens is 3. The van der Waals surface area contributed by atoms with Crippen molar-refractivity contribution in [3.05, 3.63) is 57.3 Å². The molecule has 28 heavy (non-hydrogen) atoms. The number of hydrogen-bond donors (Lipinski definition) is 1. The molecular formula is C16H15F3N6O3. The Morgan fingerprint density at radius 3 is 2.61 bits per heavy atom. The summed E-state index contributed by atoms with van der Waals surface area (Å²) in [5, 5.41) is 6.03. The second-order valence-corrected chi connectivity index (χ2v) is 5.93. The van der Waals surface area contributed by atoms with E-state index in [1.165, 1.54) is 6.33 Å². The molecule has 0 fully saturated rings. The van der Waals surface area contributed by atoms with Gasteiger partial charge in [0, 0.05) is 13.6 Å². The average Bonchev–Trinajstić information content (AvgIpc) is 2.93. The molecule has 0 atom stereocenters. The SMILES string of the molecule is Cn1c(C(F)(F)F)nn(CCNC(=O)Cn2cnc3ccccc3c2=O)c1=O. The van der Waals surface area contributed by atoms with Crippen molar-refractivity contribution >= 4 is 16.8 Å². The van der Waals surface area contributed by atoms with E-state index in [1.54, 1.807) is 24.3 Å². The summed E-state index contributed by atoms with van der Waals surface area (Å²) in [4.78, 5) is 40.2. The molecular weight excluding hydrogens is 381 g/mol.